The molecule has 0 atom stereocenters. The maximum absolute atomic E-state index is 11.9. The quantitative estimate of drug-likeness (QED) is 0.865. The second kappa shape index (κ2) is 5.72. The molecule has 3 heterocycles. The van der Waals surface area contributed by atoms with Gasteiger partial charge in [0.1, 0.15) is 5.60 Å². The largest absolute Gasteiger partial charge is 0.461 e. The van der Waals surface area contributed by atoms with Gasteiger partial charge in [0.2, 0.25) is 11.7 Å². The minimum absolute atomic E-state index is 0.272. The van der Waals surface area contributed by atoms with Gasteiger partial charge < -0.3 is 18.6 Å². The molecule has 2 aromatic rings. The Morgan fingerprint density at radius 3 is 2.78 bits per heavy atom. The molecule has 1 saturated heterocycles. The lowest BCUT2D eigenvalue weighted by atomic mass is 9.97. The van der Waals surface area contributed by atoms with E-state index in [9.17, 15) is 4.79 Å². The van der Waals surface area contributed by atoms with Crippen molar-refractivity contribution < 1.29 is 18.5 Å². The van der Waals surface area contributed by atoms with Crippen molar-refractivity contribution in [1.82, 2.24) is 15.0 Å². The monoisotopic (exact) mass is 319 g/mol. The lowest BCUT2D eigenvalue weighted by Crippen LogP contribution is -2.52. The average Bonchev–Trinajstić information content (AvgIpc) is 2.99. The first-order valence-corrected chi connectivity index (χ1v) is 7.67. The van der Waals surface area contributed by atoms with E-state index in [4.69, 9.17) is 13.7 Å². The second-order valence-corrected chi connectivity index (χ2v) is 6.90. The van der Waals surface area contributed by atoms with Crippen LogP contribution in [-0.2, 0) is 11.2 Å². The van der Waals surface area contributed by atoms with E-state index >= 15 is 0 Å². The van der Waals surface area contributed by atoms with Crippen molar-refractivity contribution in [2.75, 3.05) is 13.1 Å². The van der Waals surface area contributed by atoms with Crippen LogP contribution in [0.25, 0.3) is 11.6 Å². The summed E-state index contributed by atoms with van der Waals surface area (Å²) in [5, 5.41) is 3.95. The molecule has 23 heavy (non-hydrogen) atoms. The smallest absolute Gasteiger partial charge is 0.410 e. The molecule has 124 valence electrons. The maximum Gasteiger partial charge on any atom is 0.410 e. The zero-order chi connectivity index (χ0) is 16.6. The number of hydrogen-bond donors (Lipinski definition) is 0. The summed E-state index contributed by atoms with van der Waals surface area (Å²) in [4.78, 5) is 17.9. The summed E-state index contributed by atoms with van der Waals surface area (Å²) < 4.78 is 15.9. The van der Waals surface area contributed by atoms with Crippen molar-refractivity contribution in [3.63, 3.8) is 0 Å². The molecule has 0 spiro atoms. The van der Waals surface area contributed by atoms with Gasteiger partial charge in [-0.3, -0.25) is 0 Å². The molecule has 1 aliphatic rings. The molecule has 0 aliphatic carbocycles. The van der Waals surface area contributed by atoms with E-state index < -0.39 is 5.60 Å². The predicted molar refractivity (Wildman–Crippen MR) is 81.7 cm³/mol. The lowest BCUT2D eigenvalue weighted by Gasteiger charge is -2.39. The van der Waals surface area contributed by atoms with Gasteiger partial charge in [0.15, 0.2) is 5.76 Å². The second-order valence-electron chi connectivity index (χ2n) is 6.90. The predicted octanol–water partition coefficient (Wildman–Crippen LogP) is 3.05. The molecule has 0 aromatic carbocycles. The van der Waals surface area contributed by atoms with Crippen LogP contribution in [0.5, 0.6) is 0 Å². The number of rotatable bonds is 3. The highest BCUT2D eigenvalue weighted by atomic mass is 16.6. The number of aromatic nitrogens is 2. The Kier molecular flexibility index (Phi) is 3.87. The summed E-state index contributed by atoms with van der Waals surface area (Å²) in [6.07, 6.45) is 1.98. The Morgan fingerprint density at radius 2 is 2.17 bits per heavy atom. The van der Waals surface area contributed by atoms with Crippen molar-refractivity contribution >= 4 is 6.09 Å². The fourth-order valence-corrected chi connectivity index (χ4v) is 2.45. The van der Waals surface area contributed by atoms with Crippen molar-refractivity contribution in [2.24, 2.45) is 5.92 Å². The Labute approximate surface area is 134 Å². The fraction of sp³-hybridized carbons (Fsp3) is 0.562. The zero-order valence-corrected chi connectivity index (χ0v) is 13.8. The summed E-state index contributed by atoms with van der Waals surface area (Å²) in [7, 11) is 0. The SMILES string of the molecule is Cc1ccoc1-c1noc(CC2CN(C(=O)OC(C)(C)C)C2)n1. The number of nitrogens with zero attached hydrogens (tertiary/aromatic N) is 3. The highest BCUT2D eigenvalue weighted by molar-refractivity contribution is 5.69. The standard InChI is InChI=1S/C16H21N3O4/c1-10-5-6-21-13(10)14-17-12(23-18-14)7-11-8-19(9-11)15(20)22-16(2,3)4/h5-6,11H,7-9H2,1-4H3. The summed E-state index contributed by atoms with van der Waals surface area (Å²) in [6, 6.07) is 1.86. The first-order chi connectivity index (χ1) is 10.8. The molecule has 1 aliphatic heterocycles. The average molecular weight is 319 g/mol. The number of furan rings is 1. The Balaban J connectivity index is 1.52. The highest BCUT2D eigenvalue weighted by Gasteiger charge is 2.34. The van der Waals surface area contributed by atoms with Gasteiger partial charge in [-0.15, -0.1) is 0 Å². The summed E-state index contributed by atoms with van der Waals surface area (Å²) in [6.45, 7) is 8.80. The molecule has 0 radical (unpaired) electrons. The Bertz CT molecular complexity index is 692. The third-order valence-corrected chi connectivity index (χ3v) is 3.61. The lowest BCUT2D eigenvalue weighted by molar-refractivity contribution is -0.00187. The van der Waals surface area contributed by atoms with Gasteiger partial charge in [-0.25, -0.2) is 4.79 Å². The van der Waals surface area contributed by atoms with Crippen LogP contribution in [0.4, 0.5) is 4.79 Å². The van der Waals surface area contributed by atoms with Crippen LogP contribution in [0.3, 0.4) is 0 Å². The number of carbonyl (C=O) groups excluding carboxylic acids is 1. The number of amides is 1. The van der Waals surface area contributed by atoms with E-state index in [0.29, 0.717) is 42.9 Å². The van der Waals surface area contributed by atoms with Crippen molar-refractivity contribution in [1.29, 1.82) is 0 Å². The van der Waals surface area contributed by atoms with Crippen LogP contribution >= 0.6 is 0 Å². The van der Waals surface area contributed by atoms with Gasteiger partial charge >= 0.3 is 6.09 Å². The minimum Gasteiger partial charge on any atom is -0.461 e. The van der Waals surface area contributed by atoms with E-state index in [1.807, 2.05) is 33.8 Å². The van der Waals surface area contributed by atoms with Crippen molar-refractivity contribution in [3.8, 4) is 11.6 Å². The van der Waals surface area contributed by atoms with Crippen LogP contribution in [0, 0.1) is 12.8 Å². The molecule has 0 unspecified atom stereocenters. The summed E-state index contributed by atoms with van der Waals surface area (Å²) in [5.41, 5.74) is 0.502. The maximum atomic E-state index is 11.9. The Morgan fingerprint density at radius 1 is 1.43 bits per heavy atom. The molecule has 0 N–H and O–H groups in total. The van der Waals surface area contributed by atoms with Gasteiger partial charge in [-0.1, -0.05) is 5.16 Å². The number of carbonyl (C=O) groups is 1. The molecule has 0 bridgehead atoms. The molecule has 1 fully saturated rings. The van der Waals surface area contributed by atoms with Gasteiger partial charge in [0.05, 0.1) is 6.26 Å². The number of aryl methyl sites for hydroxylation is 1. The van der Waals surface area contributed by atoms with E-state index in [2.05, 4.69) is 10.1 Å². The minimum atomic E-state index is -0.468. The number of likely N-dealkylation sites (tertiary alicyclic amines) is 1. The fourth-order valence-electron chi connectivity index (χ4n) is 2.45. The molecule has 2 aromatic heterocycles. The molecular formula is C16H21N3O4. The third kappa shape index (κ3) is 3.55. The van der Waals surface area contributed by atoms with E-state index in [0.717, 1.165) is 5.56 Å². The molecule has 7 nitrogen and oxygen atoms in total. The molecule has 7 heteroatoms. The van der Waals surface area contributed by atoms with Gasteiger partial charge in [0, 0.05) is 25.4 Å². The first kappa shape index (κ1) is 15.6. The third-order valence-electron chi connectivity index (χ3n) is 3.61. The molecule has 3 rings (SSSR count). The molecule has 0 saturated carbocycles. The highest BCUT2D eigenvalue weighted by Crippen LogP contribution is 2.25. The summed E-state index contributed by atoms with van der Waals surface area (Å²) >= 11 is 0. The Hall–Kier alpha value is -2.31. The van der Waals surface area contributed by atoms with Gasteiger partial charge in [-0.05, 0) is 39.3 Å². The number of hydrogen-bond acceptors (Lipinski definition) is 6. The first-order valence-electron chi connectivity index (χ1n) is 7.67. The van der Waals surface area contributed by atoms with Crippen LogP contribution in [0.1, 0.15) is 32.2 Å². The zero-order valence-electron chi connectivity index (χ0n) is 13.8. The molecular weight excluding hydrogens is 298 g/mol. The summed E-state index contributed by atoms with van der Waals surface area (Å²) in [5.74, 6) is 1.97. The van der Waals surface area contributed by atoms with E-state index in [1.165, 1.54) is 0 Å². The normalized spacial score (nSPS) is 15.6. The van der Waals surface area contributed by atoms with Crippen LogP contribution in [0.2, 0.25) is 0 Å². The van der Waals surface area contributed by atoms with Crippen LogP contribution in [0.15, 0.2) is 21.3 Å². The van der Waals surface area contributed by atoms with Crippen LogP contribution in [-0.4, -0.2) is 39.8 Å². The van der Waals surface area contributed by atoms with E-state index in [1.54, 1.807) is 11.2 Å². The number of ether oxygens (including phenoxy) is 1. The molecule has 1 amide bonds. The van der Waals surface area contributed by atoms with Gasteiger partial charge in [0.25, 0.3) is 0 Å². The topological polar surface area (TPSA) is 81.6 Å². The van der Waals surface area contributed by atoms with Crippen LogP contribution < -0.4 is 0 Å². The van der Waals surface area contributed by atoms with Crippen molar-refractivity contribution in [3.05, 3.63) is 23.8 Å². The van der Waals surface area contributed by atoms with Gasteiger partial charge in [-0.2, -0.15) is 4.98 Å². The van der Waals surface area contributed by atoms with E-state index in [-0.39, 0.29) is 6.09 Å². The van der Waals surface area contributed by atoms with Crippen molar-refractivity contribution in [2.45, 2.75) is 39.7 Å².